The second-order valence-corrected chi connectivity index (χ2v) is 9.25. The normalized spacial score (nSPS) is 11.6. The Morgan fingerprint density at radius 3 is 1.57 bits per heavy atom. The molecule has 0 bridgehead atoms. The SMILES string of the molecule is Cc1ccc(/C=C/c2ccc(N(c3ccc(C)cc3)c3cccc4c3-c3ccccc3-4)cc2)cc1. The van der Waals surface area contributed by atoms with Crippen molar-refractivity contribution < 1.29 is 0 Å². The molecule has 5 aromatic carbocycles. The van der Waals surface area contributed by atoms with Crippen molar-refractivity contribution in [3.05, 3.63) is 138 Å². The van der Waals surface area contributed by atoms with Gasteiger partial charge in [0.15, 0.2) is 0 Å². The van der Waals surface area contributed by atoms with Crippen LogP contribution in [0.1, 0.15) is 22.3 Å². The van der Waals surface area contributed by atoms with Crippen molar-refractivity contribution in [2.75, 3.05) is 4.90 Å². The van der Waals surface area contributed by atoms with Crippen LogP contribution in [0, 0.1) is 13.8 Å². The number of hydrogen-bond donors (Lipinski definition) is 0. The average Bonchev–Trinajstić information content (AvgIpc) is 2.89. The first-order valence-electron chi connectivity index (χ1n) is 12.1. The van der Waals surface area contributed by atoms with Gasteiger partial charge in [0, 0.05) is 16.9 Å². The lowest BCUT2D eigenvalue weighted by Gasteiger charge is -2.33. The van der Waals surface area contributed by atoms with Crippen LogP contribution in [0.4, 0.5) is 17.1 Å². The van der Waals surface area contributed by atoms with Crippen molar-refractivity contribution in [1.82, 2.24) is 0 Å². The van der Waals surface area contributed by atoms with Gasteiger partial charge in [0.2, 0.25) is 0 Å². The summed E-state index contributed by atoms with van der Waals surface area (Å²) in [6.45, 7) is 4.25. The lowest BCUT2D eigenvalue weighted by molar-refractivity contribution is 1.27. The fourth-order valence-electron chi connectivity index (χ4n) is 4.83. The first kappa shape index (κ1) is 21.2. The van der Waals surface area contributed by atoms with Crippen molar-refractivity contribution in [1.29, 1.82) is 0 Å². The van der Waals surface area contributed by atoms with Crippen LogP contribution in [0.2, 0.25) is 0 Å². The molecule has 0 spiro atoms. The zero-order chi connectivity index (χ0) is 23.8. The summed E-state index contributed by atoms with van der Waals surface area (Å²) in [5.74, 6) is 0. The van der Waals surface area contributed by atoms with Gasteiger partial charge in [0.25, 0.3) is 0 Å². The number of nitrogens with zero attached hydrogens (tertiary/aromatic N) is 1. The summed E-state index contributed by atoms with van der Waals surface area (Å²) in [6, 6.07) is 41.6. The van der Waals surface area contributed by atoms with Crippen molar-refractivity contribution in [2.45, 2.75) is 13.8 Å². The van der Waals surface area contributed by atoms with E-state index in [-0.39, 0.29) is 0 Å². The highest BCUT2D eigenvalue weighted by molar-refractivity contribution is 6.09. The predicted molar refractivity (Wildman–Crippen MR) is 150 cm³/mol. The molecular formula is C34H27N. The van der Waals surface area contributed by atoms with E-state index in [9.17, 15) is 0 Å². The minimum absolute atomic E-state index is 1.15. The second kappa shape index (κ2) is 8.77. The standard InChI is InChI=1S/C34H27N/c1-24-10-14-26(15-11-24)16-17-27-18-22-29(23-19-27)35(28-20-12-25(2)13-21-28)33-9-5-8-32-30-6-3-4-7-31(30)34(32)33/h3-23H,1-2H3/b17-16+. The molecule has 168 valence electrons. The number of rotatable bonds is 5. The molecule has 1 nitrogen and oxygen atoms in total. The molecule has 0 amide bonds. The van der Waals surface area contributed by atoms with Crippen LogP contribution in [0.25, 0.3) is 34.4 Å². The molecule has 0 saturated carbocycles. The molecule has 35 heavy (non-hydrogen) atoms. The van der Waals surface area contributed by atoms with E-state index < -0.39 is 0 Å². The van der Waals surface area contributed by atoms with Crippen LogP contribution in [-0.2, 0) is 0 Å². The lowest BCUT2D eigenvalue weighted by atomic mass is 9.79. The summed E-state index contributed by atoms with van der Waals surface area (Å²) in [5, 5.41) is 0. The maximum atomic E-state index is 2.38. The maximum absolute atomic E-state index is 2.38. The molecule has 0 aliphatic heterocycles. The van der Waals surface area contributed by atoms with Crippen LogP contribution in [-0.4, -0.2) is 0 Å². The van der Waals surface area contributed by atoms with E-state index in [1.165, 1.54) is 50.2 Å². The molecular weight excluding hydrogens is 422 g/mol. The van der Waals surface area contributed by atoms with Crippen LogP contribution in [0.5, 0.6) is 0 Å². The van der Waals surface area contributed by atoms with Crippen molar-refractivity contribution in [3.8, 4) is 22.3 Å². The quantitative estimate of drug-likeness (QED) is 0.237. The van der Waals surface area contributed by atoms with Gasteiger partial charge in [-0.15, -0.1) is 0 Å². The Labute approximate surface area is 207 Å². The fourth-order valence-corrected chi connectivity index (χ4v) is 4.83. The van der Waals surface area contributed by atoms with E-state index >= 15 is 0 Å². The first-order chi connectivity index (χ1) is 17.2. The van der Waals surface area contributed by atoms with Crippen LogP contribution >= 0.6 is 0 Å². The summed E-state index contributed by atoms with van der Waals surface area (Å²) >= 11 is 0. The van der Waals surface area contributed by atoms with Crippen LogP contribution < -0.4 is 4.90 Å². The largest absolute Gasteiger partial charge is 0.310 e. The Morgan fingerprint density at radius 1 is 0.457 bits per heavy atom. The number of benzene rings is 5. The predicted octanol–water partition coefficient (Wildman–Crippen LogP) is 9.59. The van der Waals surface area contributed by atoms with Gasteiger partial charge in [0.1, 0.15) is 0 Å². The van der Waals surface area contributed by atoms with E-state index in [1.807, 2.05) is 0 Å². The van der Waals surface area contributed by atoms with Crippen molar-refractivity contribution in [3.63, 3.8) is 0 Å². The highest BCUT2D eigenvalue weighted by atomic mass is 15.1. The van der Waals surface area contributed by atoms with Gasteiger partial charge >= 0.3 is 0 Å². The Hall–Kier alpha value is -4.36. The van der Waals surface area contributed by atoms with Crippen molar-refractivity contribution >= 4 is 29.2 Å². The molecule has 5 aromatic rings. The molecule has 0 unspecified atom stereocenters. The minimum atomic E-state index is 1.15. The topological polar surface area (TPSA) is 3.24 Å². The minimum Gasteiger partial charge on any atom is -0.310 e. The van der Waals surface area contributed by atoms with Gasteiger partial charge in [-0.25, -0.2) is 0 Å². The molecule has 1 heteroatoms. The van der Waals surface area contributed by atoms with Gasteiger partial charge in [-0.1, -0.05) is 108 Å². The van der Waals surface area contributed by atoms with Crippen LogP contribution in [0.15, 0.2) is 115 Å². The maximum Gasteiger partial charge on any atom is 0.0546 e. The molecule has 0 radical (unpaired) electrons. The summed E-state index contributed by atoms with van der Waals surface area (Å²) in [7, 11) is 0. The molecule has 0 atom stereocenters. The molecule has 1 aliphatic rings. The Kier molecular flexibility index (Phi) is 5.31. The molecule has 0 heterocycles. The Morgan fingerprint density at radius 2 is 0.943 bits per heavy atom. The van der Waals surface area contributed by atoms with Gasteiger partial charge in [0.05, 0.1) is 5.69 Å². The molecule has 0 aromatic heterocycles. The Balaban J connectivity index is 1.39. The smallest absolute Gasteiger partial charge is 0.0546 e. The highest BCUT2D eigenvalue weighted by Gasteiger charge is 2.27. The average molecular weight is 450 g/mol. The van der Waals surface area contributed by atoms with E-state index in [4.69, 9.17) is 0 Å². The van der Waals surface area contributed by atoms with Gasteiger partial charge in [-0.2, -0.15) is 0 Å². The summed E-state index contributed by atoms with van der Waals surface area (Å²) in [4.78, 5) is 2.38. The van der Waals surface area contributed by atoms with Gasteiger partial charge < -0.3 is 4.90 Å². The molecule has 6 rings (SSSR count). The zero-order valence-electron chi connectivity index (χ0n) is 20.1. The molecule has 0 fully saturated rings. The summed E-state index contributed by atoms with van der Waals surface area (Å²) < 4.78 is 0. The third kappa shape index (κ3) is 3.96. The summed E-state index contributed by atoms with van der Waals surface area (Å²) in [5.41, 5.74) is 13.8. The number of hydrogen-bond acceptors (Lipinski definition) is 1. The van der Waals surface area contributed by atoms with Gasteiger partial charge in [-0.05, 0) is 72.0 Å². The monoisotopic (exact) mass is 449 g/mol. The van der Waals surface area contributed by atoms with E-state index in [0.717, 1.165) is 11.4 Å². The van der Waals surface area contributed by atoms with E-state index in [2.05, 4.69) is 146 Å². The number of anilines is 3. The van der Waals surface area contributed by atoms with Gasteiger partial charge in [-0.3, -0.25) is 0 Å². The lowest BCUT2D eigenvalue weighted by Crippen LogP contribution is -2.13. The highest BCUT2D eigenvalue weighted by Crippen LogP contribution is 2.53. The first-order valence-corrected chi connectivity index (χ1v) is 12.1. The third-order valence-corrected chi connectivity index (χ3v) is 6.76. The van der Waals surface area contributed by atoms with Crippen molar-refractivity contribution in [2.24, 2.45) is 0 Å². The second-order valence-electron chi connectivity index (χ2n) is 9.25. The third-order valence-electron chi connectivity index (χ3n) is 6.76. The van der Waals surface area contributed by atoms with E-state index in [0.29, 0.717) is 0 Å². The van der Waals surface area contributed by atoms with E-state index in [1.54, 1.807) is 0 Å². The zero-order valence-corrected chi connectivity index (χ0v) is 20.1. The molecule has 0 saturated heterocycles. The number of aryl methyl sites for hydroxylation is 2. The molecule has 1 aliphatic carbocycles. The van der Waals surface area contributed by atoms with Crippen LogP contribution in [0.3, 0.4) is 0 Å². The fraction of sp³-hybridized carbons (Fsp3) is 0.0588. The summed E-state index contributed by atoms with van der Waals surface area (Å²) in [6.07, 6.45) is 4.35. The Bertz CT molecular complexity index is 1520. The molecule has 0 N–H and O–H groups in total. The number of fused-ring (bicyclic) bond motifs is 4.